The molecule has 2 nitrogen and oxygen atoms in total. The number of hydrogen-bond acceptors (Lipinski definition) is 2. The van der Waals surface area contributed by atoms with Gasteiger partial charge < -0.3 is 10.2 Å². The summed E-state index contributed by atoms with van der Waals surface area (Å²) in [5.74, 6) is -1.52. The first-order chi connectivity index (χ1) is 14.7. The predicted octanol–water partition coefficient (Wildman–Crippen LogP) is 7.72. The van der Waals surface area contributed by atoms with Gasteiger partial charge in [-0.2, -0.15) is 0 Å². The molecule has 0 fully saturated rings. The number of benzene rings is 3. The number of aliphatic hydroxyl groups is 1. The summed E-state index contributed by atoms with van der Waals surface area (Å²) in [5.41, 5.74) is 2.56. The molecule has 31 heavy (non-hydrogen) atoms. The van der Waals surface area contributed by atoms with Crippen molar-refractivity contribution < 1.29 is 19.0 Å². The molecule has 0 saturated carbocycles. The Hall–Kier alpha value is -2.56. The minimum atomic E-state index is -0.551. The van der Waals surface area contributed by atoms with Gasteiger partial charge in [-0.1, -0.05) is 54.9 Å². The summed E-state index contributed by atoms with van der Waals surface area (Å²) in [6.07, 6.45) is 1.06. The van der Waals surface area contributed by atoms with E-state index < -0.39 is 11.7 Å². The van der Waals surface area contributed by atoms with E-state index in [1.165, 1.54) is 24.3 Å². The van der Waals surface area contributed by atoms with Crippen LogP contribution in [0.15, 0.2) is 60.9 Å². The first-order valence-corrected chi connectivity index (χ1v) is 10.5. The highest BCUT2D eigenvalue weighted by molar-refractivity contribution is 6.36. The van der Waals surface area contributed by atoms with Gasteiger partial charge in [-0.3, -0.25) is 0 Å². The molecule has 2 N–H and O–H groups in total. The number of rotatable bonds is 7. The summed E-state index contributed by atoms with van der Waals surface area (Å²) >= 11 is 12.8. The molecule has 162 valence electrons. The van der Waals surface area contributed by atoms with Gasteiger partial charge >= 0.3 is 0 Å². The van der Waals surface area contributed by atoms with Crippen molar-refractivity contribution >= 4 is 23.2 Å². The third-order valence-electron chi connectivity index (χ3n) is 5.31. The van der Waals surface area contributed by atoms with E-state index in [9.17, 15) is 14.6 Å². The Kier molecular flexibility index (Phi) is 7.24. The van der Waals surface area contributed by atoms with Crippen molar-refractivity contribution in [2.75, 3.05) is 0 Å². The SMILES string of the molecule is C=C(O)CCc1cc(Cl)c(Cc2ccc(O)c(C(C)c3ccc(F)cc3)c2F)c(Cl)c1. The summed E-state index contributed by atoms with van der Waals surface area (Å²) in [7, 11) is 0. The minimum Gasteiger partial charge on any atom is -0.513 e. The number of hydrogen-bond donors (Lipinski definition) is 2. The van der Waals surface area contributed by atoms with Gasteiger partial charge in [0.25, 0.3) is 0 Å². The average molecular weight is 463 g/mol. The zero-order valence-corrected chi connectivity index (χ0v) is 18.4. The Morgan fingerprint density at radius 3 is 2.23 bits per heavy atom. The van der Waals surface area contributed by atoms with E-state index in [4.69, 9.17) is 23.2 Å². The van der Waals surface area contributed by atoms with Gasteiger partial charge in [-0.15, -0.1) is 0 Å². The fourth-order valence-electron chi connectivity index (χ4n) is 3.54. The molecule has 0 heterocycles. The van der Waals surface area contributed by atoms with E-state index in [-0.39, 0.29) is 29.3 Å². The Balaban J connectivity index is 1.93. The molecular weight excluding hydrogens is 441 g/mol. The van der Waals surface area contributed by atoms with Crippen LogP contribution in [-0.4, -0.2) is 10.2 Å². The second kappa shape index (κ2) is 9.71. The third-order valence-corrected chi connectivity index (χ3v) is 5.98. The number of aromatic hydroxyl groups is 1. The summed E-state index contributed by atoms with van der Waals surface area (Å²) in [6.45, 7) is 5.21. The van der Waals surface area contributed by atoms with Crippen molar-refractivity contribution in [3.05, 3.63) is 110 Å². The molecule has 0 bridgehead atoms. The standard InChI is InChI=1S/C25H22Cl2F2O2/c1-14(30)3-4-16-11-21(26)20(22(27)12-16)13-18-7-10-23(31)24(25(18)29)15(2)17-5-8-19(28)9-6-17/h5-12,15,30-31H,1,3-4,13H2,2H3. The molecule has 6 heteroatoms. The molecule has 3 aromatic carbocycles. The van der Waals surface area contributed by atoms with E-state index in [1.54, 1.807) is 31.2 Å². The molecule has 0 spiro atoms. The van der Waals surface area contributed by atoms with Gasteiger partial charge in [-0.05, 0) is 59.0 Å². The molecule has 0 aromatic heterocycles. The van der Waals surface area contributed by atoms with Crippen molar-refractivity contribution in [2.24, 2.45) is 0 Å². The number of aliphatic hydroxyl groups excluding tert-OH is 1. The van der Waals surface area contributed by atoms with Crippen molar-refractivity contribution in [1.82, 2.24) is 0 Å². The Labute approximate surface area is 190 Å². The largest absolute Gasteiger partial charge is 0.513 e. The zero-order chi connectivity index (χ0) is 22.7. The third kappa shape index (κ3) is 5.38. The molecule has 3 rings (SSSR count). The molecule has 1 atom stereocenters. The van der Waals surface area contributed by atoms with Crippen molar-refractivity contribution in [3.8, 4) is 5.75 Å². The Bertz CT molecular complexity index is 1090. The fourth-order valence-corrected chi connectivity index (χ4v) is 4.21. The van der Waals surface area contributed by atoms with Crippen LogP contribution in [0.5, 0.6) is 5.75 Å². The Morgan fingerprint density at radius 1 is 1.03 bits per heavy atom. The monoisotopic (exact) mass is 462 g/mol. The highest BCUT2D eigenvalue weighted by atomic mass is 35.5. The van der Waals surface area contributed by atoms with Crippen LogP contribution < -0.4 is 0 Å². The summed E-state index contributed by atoms with van der Waals surface area (Å²) in [5, 5.41) is 20.4. The molecule has 0 saturated heterocycles. The maximum absolute atomic E-state index is 15.4. The highest BCUT2D eigenvalue weighted by Gasteiger charge is 2.22. The number of phenols is 1. The molecular formula is C25H22Cl2F2O2. The van der Waals surface area contributed by atoms with E-state index in [0.717, 1.165) is 5.56 Å². The van der Waals surface area contributed by atoms with Crippen molar-refractivity contribution in [2.45, 2.75) is 32.1 Å². The number of phenolic OH excluding ortho intramolecular Hbond substituents is 1. The summed E-state index contributed by atoms with van der Waals surface area (Å²) in [4.78, 5) is 0. The Morgan fingerprint density at radius 2 is 1.65 bits per heavy atom. The highest BCUT2D eigenvalue weighted by Crippen LogP contribution is 2.37. The lowest BCUT2D eigenvalue weighted by Crippen LogP contribution is -2.05. The van der Waals surface area contributed by atoms with Crippen LogP contribution in [0.25, 0.3) is 0 Å². The van der Waals surface area contributed by atoms with Crippen LogP contribution >= 0.6 is 23.2 Å². The van der Waals surface area contributed by atoms with Crippen LogP contribution in [0.2, 0.25) is 10.0 Å². The smallest absolute Gasteiger partial charge is 0.134 e. The average Bonchev–Trinajstić information content (AvgIpc) is 2.71. The van der Waals surface area contributed by atoms with E-state index >= 15 is 4.39 Å². The van der Waals surface area contributed by atoms with Crippen LogP contribution in [0.1, 0.15) is 47.1 Å². The van der Waals surface area contributed by atoms with Crippen molar-refractivity contribution in [3.63, 3.8) is 0 Å². The lowest BCUT2D eigenvalue weighted by molar-refractivity contribution is 0.391. The van der Waals surface area contributed by atoms with Crippen LogP contribution in [0, 0.1) is 11.6 Å². The maximum Gasteiger partial charge on any atom is 0.134 e. The lowest BCUT2D eigenvalue weighted by Gasteiger charge is -2.18. The van der Waals surface area contributed by atoms with Gasteiger partial charge in [0, 0.05) is 34.4 Å². The topological polar surface area (TPSA) is 40.5 Å². The van der Waals surface area contributed by atoms with Gasteiger partial charge in [-0.25, -0.2) is 8.78 Å². The van der Waals surface area contributed by atoms with Crippen LogP contribution in [-0.2, 0) is 12.8 Å². The summed E-state index contributed by atoms with van der Waals surface area (Å²) < 4.78 is 28.7. The molecule has 0 aliphatic carbocycles. The number of halogens is 4. The molecule has 0 aliphatic heterocycles. The van der Waals surface area contributed by atoms with E-state index in [2.05, 4.69) is 6.58 Å². The van der Waals surface area contributed by atoms with Gasteiger partial charge in [0.1, 0.15) is 17.4 Å². The second-order valence-corrected chi connectivity index (χ2v) is 8.34. The first kappa shape index (κ1) is 23.1. The molecule has 0 radical (unpaired) electrons. The zero-order valence-electron chi connectivity index (χ0n) is 16.9. The van der Waals surface area contributed by atoms with Crippen LogP contribution in [0.4, 0.5) is 8.78 Å². The number of allylic oxidation sites excluding steroid dienone is 1. The number of aryl methyl sites for hydroxylation is 1. The second-order valence-electron chi connectivity index (χ2n) is 7.53. The van der Waals surface area contributed by atoms with Crippen molar-refractivity contribution in [1.29, 1.82) is 0 Å². The quantitative estimate of drug-likeness (QED) is 0.352. The van der Waals surface area contributed by atoms with Gasteiger partial charge in [0.2, 0.25) is 0 Å². The maximum atomic E-state index is 15.4. The molecule has 0 aliphatic rings. The van der Waals surface area contributed by atoms with Gasteiger partial charge in [0.05, 0.1) is 5.76 Å². The van der Waals surface area contributed by atoms with E-state index in [0.29, 0.717) is 39.6 Å². The normalized spacial score (nSPS) is 12.0. The summed E-state index contributed by atoms with van der Waals surface area (Å²) in [6, 6.07) is 12.2. The lowest BCUT2D eigenvalue weighted by atomic mass is 9.89. The van der Waals surface area contributed by atoms with Crippen LogP contribution in [0.3, 0.4) is 0 Å². The molecule has 3 aromatic rings. The fraction of sp³-hybridized carbons (Fsp3) is 0.200. The predicted molar refractivity (Wildman–Crippen MR) is 121 cm³/mol. The molecule has 1 unspecified atom stereocenters. The van der Waals surface area contributed by atoms with Gasteiger partial charge in [0.15, 0.2) is 0 Å². The van der Waals surface area contributed by atoms with E-state index in [1.807, 2.05) is 0 Å². The molecule has 0 amide bonds. The minimum absolute atomic E-state index is 0.0743. The first-order valence-electron chi connectivity index (χ1n) is 9.76.